The number of hydrogen-bond donors (Lipinski definition) is 1. The van der Waals surface area contributed by atoms with Gasteiger partial charge in [-0.15, -0.1) is 0 Å². The summed E-state index contributed by atoms with van der Waals surface area (Å²) >= 11 is 0. The number of rotatable bonds is 5. The molecule has 1 atom stereocenters. The molecule has 2 aromatic carbocycles. The molecule has 5 rings (SSSR count). The van der Waals surface area contributed by atoms with Crippen molar-refractivity contribution in [3.8, 4) is 11.8 Å². The second-order valence-electron chi connectivity index (χ2n) is 9.01. The summed E-state index contributed by atoms with van der Waals surface area (Å²) < 4.78 is 11.1. The van der Waals surface area contributed by atoms with Gasteiger partial charge in [-0.1, -0.05) is 12.1 Å². The second kappa shape index (κ2) is 7.64. The number of hydrogen-bond acceptors (Lipinski definition) is 7. The van der Waals surface area contributed by atoms with E-state index in [1.165, 1.54) is 0 Å². The molecule has 0 bridgehead atoms. The summed E-state index contributed by atoms with van der Waals surface area (Å²) in [7, 11) is 1.70. The molecule has 1 aromatic heterocycles. The zero-order valence-electron chi connectivity index (χ0n) is 18.9. The van der Waals surface area contributed by atoms with E-state index >= 15 is 0 Å². The van der Waals surface area contributed by atoms with Gasteiger partial charge in [-0.05, 0) is 44.0 Å². The summed E-state index contributed by atoms with van der Waals surface area (Å²) in [5.41, 5.74) is 4.97. The van der Waals surface area contributed by atoms with Crippen molar-refractivity contribution in [3.63, 3.8) is 0 Å². The molecule has 0 unspecified atom stereocenters. The fourth-order valence-corrected chi connectivity index (χ4v) is 4.82. The Labute approximate surface area is 188 Å². The third-order valence-corrected chi connectivity index (χ3v) is 6.63. The van der Waals surface area contributed by atoms with Crippen molar-refractivity contribution < 1.29 is 9.47 Å². The van der Waals surface area contributed by atoms with Crippen molar-refractivity contribution >= 4 is 22.4 Å². The largest absolute Gasteiger partial charge is 0.495 e. The van der Waals surface area contributed by atoms with Gasteiger partial charge in [0.25, 0.3) is 0 Å². The first-order valence-electron chi connectivity index (χ1n) is 10.9. The maximum atomic E-state index is 9.40. The number of aryl methyl sites for hydroxylation is 1. The lowest BCUT2D eigenvalue weighted by Gasteiger charge is -2.56. The smallest absolute Gasteiger partial charge is 0.144 e. The highest BCUT2D eigenvalue weighted by Crippen LogP contribution is 2.45. The zero-order chi connectivity index (χ0) is 22.5. The molecule has 0 amide bonds. The van der Waals surface area contributed by atoms with Crippen LogP contribution in [0.5, 0.6) is 5.75 Å². The van der Waals surface area contributed by atoms with Gasteiger partial charge < -0.3 is 19.7 Å². The van der Waals surface area contributed by atoms with Gasteiger partial charge in [-0.2, -0.15) is 5.26 Å². The standard InChI is InChI=1S/C25H27N5O2/c1-15-18(10-26)6-5-7-19(15)16(2)27-24-20-8-22(30-11-25(12-30)13-32-14-25)23(31-4)9-21(20)28-17(3)29-24/h5-9,16H,11-14H2,1-4H3,(H,27,28,29)/t16-/m1/s1. The van der Waals surface area contributed by atoms with E-state index in [1.54, 1.807) is 7.11 Å². The molecule has 1 spiro atoms. The summed E-state index contributed by atoms with van der Waals surface area (Å²) in [5, 5.41) is 13.9. The van der Waals surface area contributed by atoms with E-state index in [0.717, 1.165) is 65.6 Å². The van der Waals surface area contributed by atoms with Crippen molar-refractivity contribution in [1.29, 1.82) is 5.26 Å². The average Bonchev–Trinajstić information content (AvgIpc) is 2.71. The average molecular weight is 430 g/mol. The Hall–Kier alpha value is -3.37. The maximum absolute atomic E-state index is 9.40. The molecule has 164 valence electrons. The topological polar surface area (TPSA) is 83.3 Å². The van der Waals surface area contributed by atoms with E-state index in [1.807, 2.05) is 32.0 Å². The number of methoxy groups -OCH3 is 1. The van der Waals surface area contributed by atoms with E-state index in [4.69, 9.17) is 14.5 Å². The fraction of sp³-hybridized carbons (Fsp3) is 0.400. The second-order valence-corrected chi connectivity index (χ2v) is 9.01. The number of benzene rings is 2. The Morgan fingerprint density at radius 2 is 2.00 bits per heavy atom. The van der Waals surface area contributed by atoms with Gasteiger partial charge in [0.05, 0.1) is 54.6 Å². The molecule has 7 heteroatoms. The number of ether oxygens (including phenoxy) is 2. The highest BCUT2D eigenvalue weighted by Gasteiger charge is 2.49. The minimum atomic E-state index is -0.0224. The molecule has 2 fully saturated rings. The van der Waals surface area contributed by atoms with Crippen LogP contribution >= 0.6 is 0 Å². The first-order chi connectivity index (χ1) is 15.4. The monoisotopic (exact) mass is 429 g/mol. The highest BCUT2D eigenvalue weighted by atomic mass is 16.5. The van der Waals surface area contributed by atoms with E-state index in [9.17, 15) is 5.26 Å². The van der Waals surface area contributed by atoms with E-state index < -0.39 is 0 Å². The summed E-state index contributed by atoms with van der Waals surface area (Å²) in [5.74, 6) is 2.30. The fourth-order valence-electron chi connectivity index (χ4n) is 4.82. The Kier molecular flexibility index (Phi) is 4.90. The van der Waals surface area contributed by atoms with Crippen molar-refractivity contribution in [2.75, 3.05) is 43.6 Å². The summed E-state index contributed by atoms with van der Waals surface area (Å²) in [4.78, 5) is 11.7. The third-order valence-electron chi connectivity index (χ3n) is 6.63. The Bertz CT molecular complexity index is 1240. The number of nitriles is 1. The van der Waals surface area contributed by atoms with Crippen molar-refractivity contribution in [3.05, 3.63) is 52.8 Å². The van der Waals surface area contributed by atoms with Crippen LogP contribution in [-0.2, 0) is 4.74 Å². The number of nitrogens with zero attached hydrogens (tertiary/aromatic N) is 4. The predicted octanol–water partition coefficient (Wildman–Crippen LogP) is 4.14. The molecule has 3 aromatic rings. The zero-order valence-corrected chi connectivity index (χ0v) is 18.9. The Morgan fingerprint density at radius 1 is 1.22 bits per heavy atom. The quantitative estimate of drug-likeness (QED) is 0.653. The van der Waals surface area contributed by atoms with E-state index in [0.29, 0.717) is 16.8 Å². The first-order valence-corrected chi connectivity index (χ1v) is 10.9. The van der Waals surface area contributed by atoms with E-state index in [-0.39, 0.29) is 6.04 Å². The van der Waals surface area contributed by atoms with Crippen LogP contribution in [0, 0.1) is 30.6 Å². The SMILES string of the molecule is COc1cc2nc(C)nc(N[C@H](C)c3cccc(C#N)c3C)c2cc1N1CC2(COC2)C1. The molecular weight excluding hydrogens is 402 g/mol. The molecule has 7 nitrogen and oxygen atoms in total. The number of anilines is 2. The lowest BCUT2D eigenvalue weighted by atomic mass is 9.77. The normalized spacial score (nSPS) is 17.4. The van der Waals surface area contributed by atoms with Gasteiger partial charge in [-0.25, -0.2) is 9.97 Å². The van der Waals surface area contributed by atoms with Crippen molar-refractivity contribution in [2.45, 2.75) is 26.8 Å². The van der Waals surface area contributed by atoms with Crippen LogP contribution in [0.3, 0.4) is 0 Å². The molecule has 2 saturated heterocycles. The molecule has 3 heterocycles. The number of aromatic nitrogens is 2. The number of nitrogens with one attached hydrogen (secondary N) is 1. The van der Waals surface area contributed by atoms with Crippen LogP contribution in [0.4, 0.5) is 11.5 Å². The van der Waals surface area contributed by atoms with Crippen LogP contribution in [0.25, 0.3) is 10.9 Å². The van der Waals surface area contributed by atoms with Crippen LogP contribution in [0.2, 0.25) is 0 Å². The van der Waals surface area contributed by atoms with Crippen LogP contribution < -0.4 is 15.0 Å². The van der Waals surface area contributed by atoms with Gasteiger partial charge in [0.15, 0.2) is 0 Å². The molecule has 1 N–H and O–H groups in total. The van der Waals surface area contributed by atoms with Crippen LogP contribution in [-0.4, -0.2) is 43.4 Å². The predicted molar refractivity (Wildman–Crippen MR) is 124 cm³/mol. The van der Waals surface area contributed by atoms with Gasteiger partial charge >= 0.3 is 0 Å². The Balaban J connectivity index is 1.52. The number of fused-ring (bicyclic) bond motifs is 1. The summed E-state index contributed by atoms with van der Waals surface area (Å²) in [6.45, 7) is 9.60. The highest BCUT2D eigenvalue weighted by molar-refractivity contribution is 5.94. The van der Waals surface area contributed by atoms with Crippen LogP contribution in [0.1, 0.15) is 35.5 Å². The van der Waals surface area contributed by atoms with Crippen molar-refractivity contribution in [1.82, 2.24) is 9.97 Å². The molecule has 32 heavy (non-hydrogen) atoms. The van der Waals surface area contributed by atoms with Gasteiger partial charge in [0.2, 0.25) is 0 Å². The van der Waals surface area contributed by atoms with Gasteiger partial charge in [0, 0.05) is 24.5 Å². The molecule has 0 saturated carbocycles. The lowest BCUT2D eigenvalue weighted by molar-refractivity contribution is -0.127. The summed E-state index contributed by atoms with van der Waals surface area (Å²) in [6, 6.07) is 12.2. The third kappa shape index (κ3) is 3.32. The lowest BCUT2D eigenvalue weighted by Crippen LogP contribution is -2.66. The van der Waals surface area contributed by atoms with Gasteiger partial charge in [-0.3, -0.25) is 0 Å². The maximum Gasteiger partial charge on any atom is 0.144 e. The van der Waals surface area contributed by atoms with Crippen molar-refractivity contribution in [2.24, 2.45) is 5.41 Å². The minimum Gasteiger partial charge on any atom is -0.495 e. The molecular formula is C25H27N5O2. The molecule has 0 aliphatic carbocycles. The molecule has 2 aliphatic heterocycles. The van der Waals surface area contributed by atoms with Crippen LogP contribution in [0.15, 0.2) is 30.3 Å². The summed E-state index contributed by atoms with van der Waals surface area (Å²) in [6.07, 6.45) is 0. The first kappa shape index (κ1) is 20.5. The van der Waals surface area contributed by atoms with Gasteiger partial charge in [0.1, 0.15) is 17.4 Å². The molecule has 2 aliphatic rings. The minimum absolute atomic E-state index is 0.0224. The Morgan fingerprint density at radius 3 is 2.66 bits per heavy atom. The van der Waals surface area contributed by atoms with E-state index in [2.05, 4.69) is 40.3 Å². The molecule has 0 radical (unpaired) electrons.